The van der Waals surface area contributed by atoms with Gasteiger partial charge in [-0.05, 0) is 17.7 Å². The maximum absolute atomic E-state index is 5.24. The molecule has 2 aromatic carbocycles. The van der Waals surface area contributed by atoms with Gasteiger partial charge in [-0.25, -0.2) is 4.98 Å². The Morgan fingerprint density at radius 1 is 1.09 bits per heavy atom. The number of imidazole rings is 1. The first kappa shape index (κ1) is 14.4. The van der Waals surface area contributed by atoms with Crippen molar-refractivity contribution in [1.29, 1.82) is 0 Å². The third-order valence-corrected chi connectivity index (χ3v) is 5.09. The third-order valence-electron chi connectivity index (χ3n) is 4.13. The number of fused-ring (bicyclic) bond motifs is 1. The Labute approximate surface area is 140 Å². The van der Waals surface area contributed by atoms with Crippen molar-refractivity contribution >= 4 is 11.8 Å². The number of hydrogen-bond acceptors (Lipinski definition) is 3. The minimum absolute atomic E-state index is 0.842. The predicted octanol–water partition coefficient (Wildman–Crippen LogP) is 4.26. The lowest BCUT2D eigenvalue weighted by Gasteiger charge is -2.08. The molecule has 0 spiro atoms. The Morgan fingerprint density at radius 2 is 1.87 bits per heavy atom. The highest BCUT2D eigenvalue weighted by Crippen LogP contribution is 2.35. The van der Waals surface area contributed by atoms with Crippen molar-refractivity contribution < 1.29 is 4.74 Å². The van der Waals surface area contributed by atoms with Gasteiger partial charge in [0.2, 0.25) is 0 Å². The van der Waals surface area contributed by atoms with Crippen LogP contribution in [0.1, 0.15) is 11.3 Å². The van der Waals surface area contributed by atoms with E-state index in [1.807, 2.05) is 23.9 Å². The summed E-state index contributed by atoms with van der Waals surface area (Å²) < 4.78 is 7.60. The van der Waals surface area contributed by atoms with Gasteiger partial charge >= 0.3 is 0 Å². The summed E-state index contributed by atoms with van der Waals surface area (Å²) in [5.41, 5.74) is 4.92. The third kappa shape index (κ3) is 2.75. The van der Waals surface area contributed by atoms with Crippen LogP contribution in [0.15, 0.2) is 59.8 Å². The number of nitrogens with zero attached hydrogens (tertiary/aromatic N) is 2. The molecule has 1 aliphatic rings. The number of benzene rings is 2. The average Bonchev–Trinajstić information content (AvgIpc) is 3.17. The van der Waals surface area contributed by atoms with Crippen molar-refractivity contribution in [2.24, 2.45) is 0 Å². The maximum Gasteiger partial charge on any atom is 0.168 e. The molecule has 3 nitrogen and oxygen atoms in total. The second-order valence-electron chi connectivity index (χ2n) is 5.58. The molecule has 2 heterocycles. The topological polar surface area (TPSA) is 27.1 Å². The molecule has 0 N–H and O–H groups in total. The molecule has 1 aromatic heterocycles. The number of ether oxygens (including phenoxy) is 1. The van der Waals surface area contributed by atoms with Crippen LogP contribution in [0.25, 0.3) is 11.3 Å². The van der Waals surface area contributed by atoms with Gasteiger partial charge in [0.25, 0.3) is 0 Å². The summed E-state index contributed by atoms with van der Waals surface area (Å²) in [4.78, 5) is 4.90. The Bertz CT molecular complexity index is 809. The molecule has 0 unspecified atom stereocenters. The average molecular weight is 322 g/mol. The largest absolute Gasteiger partial charge is 0.497 e. The van der Waals surface area contributed by atoms with Gasteiger partial charge in [0, 0.05) is 24.3 Å². The fourth-order valence-electron chi connectivity index (χ4n) is 3.00. The highest BCUT2D eigenvalue weighted by atomic mass is 32.2. The highest BCUT2D eigenvalue weighted by molar-refractivity contribution is 7.99. The standard InChI is InChI=1S/C19H18N2OS/c1-22-16-9-7-14(8-10-16)13-17-18(15-5-3-2-4-6-15)21-11-12-23-19(21)20-17/h2-10H,11-13H2,1H3. The summed E-state index contributed by atoms with van der Waals surface area (Å²) in [5, 5.41) is 1.15. The minimum atomic E-state index is 0.842. The fourth-order valence-corrected chi connectivity index (χ4v) is 3.97. The normalized spacial score (nSPS) is 13.1. The van der Waals surface area contributed by atoms with E-state index in [0.29, 0.717) is 0 Å². The summed E-state index contributed by atoms with van der Waals surface area (Å²) in [6.07, 6.45) is 0.842. The zero-order chi connectivity index (χ0) is 15.6. The smallest absolute Gasteiger partial charge is 0.168 e. The molecule has 1 aliphatic heterocycles. The maximum atomic E-state index is 5.24. The lowest BCUT2D eigenvalue weighted by molar-refractivity contribution is 0.414. The van der Waals surface area contributed by atoms with E-state index in [2.05, 4.69) is 47.0 Å². The Hall–Kier alpha value is -2.20. The monoisotopic (exact) mass is 322 g/mol. The lowest BCUT2D eigenvalue weighted by atomic mass is 10.0. The van der Waals surface area contributed by atoms with Crippen molar-refractivity contribution in [1.82, 2.24) is 9.55 Å². The second kappa shape index (κ2) is 6.13. The van der Waals surface area contributed by atoms with Gasteiger partial charge in [-0.1, -0.05) is 54.2 Å². The zero-order valence-electron chi connectivity index (χ0n) is 13.0. The molecule has 3 aromatic rings. The predicted molar refractivity (Wildman–Crippen MR) is 94.2 cm³/mol. The fraction of sp³-hybridized carbons (Fsp3) is 0.211. The van der Waals surface area contributed by atoms with Crippen LogP contribution in [0.2, 0.25) is 0 Å². The van der Waals surface area contributed by atoms with E-state index < -0.39 is 0 Å². The first-order valence-corrected chi connectivity index (χ1v) is 8.74. The van der Waals surface area contributed by atoms with Crippen molar-refractivity contribution in [2.75, 3.05) is 12.9 Å². The Morgan fingerprint density at radius 3 is 2.61 bits per heavy atom. The van der Waals surface area contributed by atoms with Crippen molar-refractivity contribution in [3.8, 4) is 17.0 Å². The second-order valence-corrected chi connectivity index (χ2v) is 6.64. The van der Waals surface area contributed by atoms with E-state index in [1.165, 1.54) is 16.8 Å². The van der Waals surface area contributed by atoms with Crippen LogP contribution in [-0.4, -0.2) is 22.4 Å². The van der Waals surface area contributed by atoms with Crippen LogP contribution in [0.5, 0.6) is 5.75 Å². The van der Waals surface area contributed by atoms with Crippen LogP contribution in [0, 0.1) is 0 Å². The van der Waals surface area contributed by atoms with Gasteiger partial charge in [-0.2, -0.15) is 0 Å². The van der Waals surface area contributed by atoms with Crippen LogP contribution in [0.4, 0.5) is 0 Å². The summed E-state index contributed by atoms with van der Waals surface area (Å²) in [7, 11) is 1.69. The molecule has 0 amide bonds. The van der Waals surface area contributed by atoms with Crippen LogP contribution >= 0.6 is 11.8 Å². The van der Waals surface area contributed by atoms with Gasteiger partial charge in [0.15, 0.2) is 5.16 Å². The Kier molecular flexibility index (Phi) is 3.83. The van der Waals surface area contributed by atoms with E-state index in [0.717, 1.165) is 35.3 Å². The molecule has 0 saturated carbocycles. The molecule has 4 heteroatoms. The molecular formula is C19H18N2OS. The molecule has 0 fully saturated rings. The van der Waals surface area contributed by atoms with E-state index in [1.54, 1.807) is 7.11 Å². The molecule has 0 saturated heterocycles. The first-order valence-electron chi connectivity index (χ1n) is 7.75. The zero-order valence-corrected chi connectivity index (χ0v) is 13.8. The van der Waals surface area contributed by atoms with Gasteiger partial charge in [0.1, 0.15) is 5.75 Å². The molecule has 0 radical (unpaired) electrons. The quantitative estimate of drug-likeness (QED) is 0.718. The molecule has 0 atom stereocenters. The summed E-state index contributed by atoms with van der Waals surface area (Å²) in [6, 6.07) is 18.8. The van der Waals surface area contributed by atoms with Gasteiger partial charge in [-0.3, -0.25) is 0 Å². The number of hydrogen-bond donors (Lipinski definition) is 0. The minimum Gasteiger partial charge on any atom is -0.497 e. The molecule has 23 heavy (non-hydrogen) atoms. The van der Waals surface area contributed by atoms with Crippen molar-refractivity contribution in [3.05, 3.63) is 65.9 Å². The molecule has 0 aliphatic carbocycles. The summed E-state index contributed by atoms with van der Waals surface area (Å²) in [5.74, 6) is 2.00. The van der Waals surface area contributed by atoms with Crippen LogP contribution < -0.4 is 4.74 Å². The van der Waals surface area contributed by atoms with Gasteiger partial charge in [0.05, 0.1) is 18.5 Å². The number of aromatic nitrogens is 2. The van der Waals surface area contributed by atoms with E-state index >= 15 is 0 Å². The molecule has 116 valence electrons. The molecule has 4 rings (SSSR count). The molecule has 0 bridgehead atoms. The van der Waals surface area contributed by atoms with Crippen LogP contribution in [0.3, 0.4) is 0 Å². The van der Waals surface area contributed by atoms with Gasteiger partial charge < -0.3 is 9.30 Å². The number of methoxy groups -OCH3 is 1. The Balaban J connectivity index is 1.73. The van der Waals surface area contributed by atoms with Crippen molar-refractivity contribution in [2.45, 2.75) is 18.1 Å². The van der Waals surface area contributed by atoms with Gasteiger partial charge in [-0.15, -0.1) is 0 Å². The highest BCUT2D eigenvalue weighted by Gasteiger charge is 2.22. The summed E-state index contributed by atoms with van der Waals surface area (Å²) >= 11 is 1.85. The number of rotatable bonds is 4. The van der Waals surface area contributed by atoms with E-state index in [-0.39, 0.29) is 0 Å². The SMILES string of the molecule is COc1ccc(Cc2nc3n(c2-c2ccccc2)CCS3)cc1. The molecular weight excluding hydrogens is 304 g/mol. The van der Waals surface area contributed by atoms with Crippen molar-refractivity contribution in [3.63, 3.8) is 0 Å². The van der Waals surface area contributed by atoms with E-state index in [9.17, 15) is 0 Å². The number of thioether (sulfide) groups is 1. The van der Waals surface area contributed by atoms with Crippen LogP contribution in [-0.2, 0) is 13.0 Å². The summed E-state index contributed by atoms with van der Waals surface area (Å²) in [6.45, 7) is 1.04. The van der Waals surface area contributed by atoms with E-state index in [4.69, 9.17) is 9.72 Å². The lowest BCUT2D eigenvalue weighted by Crippen LogP contribution is -1.99. The first-order chi connectivity index (χ1) is 11.3.